The molecule has 0 aromatic carbocycles. The van der Waals surface area contributed by atoms with Crippen LogP contribution >= 0.6 is 0 Å². The Morgan fingerprint density at radius 2 is 1.50 bits per heavy atom. The minimum absolute atomic E-state index is 0.0285. The lowest BCUT2D eigenvalue weighted by molar-refractivity contribution is -0.147. The number of hydrogen-bond donors (Lipinski definition) is 0. The van der Waals surface area contributed by atoms with Gasteiger partial charge in [0.25, 0.3) is 0 Å². The highest BCUT2D eigenvalue weighted by Crippen LogP contribution is 2.32. The fraction of sp³-hybridized carbons (Fsp3) is 0.857. The summed E-state index contributed by atoms with van der Waals surface area (Å²) in [5.74, 6) is -0.266. The zero-order chi connectivity index (χ0) is 14.2. The fourth-order valence-corrected chi connectivity index (χ4v) is 1.79. The minimum Gasteiger partial charge on any atom is -0.466 e. The molecule has 0 saturated heterocycles. The Kier molecular flexibility index (Phi) is 7.64. The summed E-state index contributed by atoms with van der Waals surface area (Å²) >= 11 is 0. The molecule has 0 fully saturated rings. The maximum atomic E-state index is 11.5. The molecule has 0 rings (SSSR count). The average Bonchev–Trinajstić information content (AvgIpc) is 2.23. The van der Waals surface area contributed by atoms with Gasteiger partial charge in [0.2, 0.25) is 0 Å². The molecule has 0 radical (unpaired) electrons. The molecule has 0 aromatic heterocycles. The van der Waals surface area contributed by atoms with Gasteiger partial charge in [-0.25, -0.2) is 0 Å². The van der Waals surface area contributed by atoms with Gasteiger partial charge >= 0.3 is 11.9 Å². The molecule has 0 aliphatic heterocycles. The predicted octanol–water partition coefficient (Wildman–Crippen LogP) is 2.95. The maximum absolute atomic E-state index is 11.5. The lowest BCUT2D eigenvalue weighted by Crippen LogP contribution is -2.25. The molecule has 4 heteroatoms. The van der Waals surface area contributed by atoms with Gasteiger partial charge in [0, 0.05) is 12.8 Å². The molecule has 0 aliphatic rings. The Morgan fingerprint density at radius 3 is 1.94 bits per heavy atom. The Labute approximate surface area is 110 Å². The lowest BCUT2D eigenvalue weighted by Gasteiger charge is -2.29. The molecule has 0 aliphatic carbocycles. The van der Waals surface area contributed by atoms with E-state index in [2.05, 4.69) is 20.8 Å². The molecule has 1 unspecified atom stereocenters. The van der Waals surface area contributed by atoms with Crippen LogP contribution in [0.25, 0.3) is 0 Å². The van der Waals surface area contributed by atoms with Crippen LogP contribution in [0.3, 0.4) is 0 Å². The molecule has 4 nitrogen and oxygen atoms in total. The molecule has 0 bridgehead atoms. The summed E-state index contributed by atoms with van der Waals surface area (Å²) in [5.41, 5.74) is -0.0285. The van der Waals surface area contributed by atoms with E-state index < -0.39 is 0 Å². The van der Waals surface area contributed by atoms with Crippen molar-refractivity contribution in [3.63, 3.8) is 0 Å². The Balaban J connectivity index is 4.33. The van der Waals surface area contributed by atoms with Crippen molar-refractivity contribution < 1.29 is 19.1 Å². The van der Waals surface area contributed by atoms with Crippen LogP contribution in [0.5, 0.6) is 0 Å². The van der Waals surface area contributed by atoms with Crippen molar-refractivity contribution in [3.8, 4) is 0 Å². The molecule has 1 atom stereocenters. The Hall–Kier alpha value is -1.06. The highest BCUT2D eigenvalue weighted by atomic mass is 16.5. The summed E-state index contributed by atoms with van der Waals surface area (Å²) in [5, 5.41) is 0. The van der Waals surface area contributed by atoms with E-state index in [1.54, 1.807) is 13.8 Å². The molecule has 0 amide bonds. The van der Waals surface area contributed by atoms with E-state index in [0.29, 0.717) is 32.5 Å². The Bertz CT molecular complexity index is 265. The van der Waals surface area contributed by atoms with Crippen molar-refractivity contribution in [3.05, 3.63) is 0 Å². The average molecular weight is 258 g/mol. The molecule has 0 aromatic rings. The van der Waals surface area contributed by atoms with Crippen molar-refractivity contribution in [2.75, 3.05) is 13.2 Å². The van der Waals surface area contributed by atoms with E-state index in [1.165, 1.54) is 0 Å². The summed E-state index contributed by atoms with van der Waals surface area (Å²) in [4.78, 5) is 22.9. The van der Waals surface area contributed by atoms with Gasteiger partial charge in [-0.3, -0.25) is 9.59 Å². The molecule has 18 heavy (non-hydrogen) atoms. The van der Waals surface area contributed by atoms with Crippen LogP contribution in [0.2, 0.25) is 0 Å². The monoisotopic (exact) mass is 258 g/mol. The van der Waals surface area contributed by atoms with Gasteiger partial charge in [0.05, 0.1) is 13.2 Å². The normalized spacial score (nSPS) is 12.9. The molecular formula is C14H26O4. The highest BCUT2D eigenvalue weighted by molar-refractivity contribution is 5.71. The standard InChI is InChI=1S/C14H26O4/c1-6-17-12(15)9-8-11(14(3,4)5)10-13(16)18-7-2/h11H,6-10H2,1-5H3. The second kappa shape index (κ2) is 8.11. The summed E-state index contributed by atoms with van der Waals surface area (Å²) in [6.45, 7) is 10.6. The number of rotatable bonds is 7. The molecule has 106 valence electrons. The van der Waals surface area contributed by atoms with Crippen molar-refractivity contribution in [2.24, 2.45) is 11.3 Å². The molecule has 0 heterocycles. The van der Waals surface area contributed by atoms with Crippen molar-refractivity contribution >= 4 is 11.9 Å². The zero-order valence-corrected chi connectivity index (χ0v) is 12.2. The maximum Gasteiger partial charge on any atom is 0.306 e. The van der Waals surface area contributed by atoms with Gasteiger partial charge < -0.3 is 9.47 Å². The van der Waals surface area contributed by atoms with Gasteiger partial charge in [-0.15, -0.1) is 0 Å². The Morgan fingerprint density at radius 1 is 1.00 bits per heavy atom. The van der Waals surface area contributed by atoms with Crippen LogP contribution in [0.15, 0.2) is 0 Å². The number of carbonyl (C=O) groups is 2. The number of ether oxygens (including phenoxy) is 2. The van der Waals surface area contributed by atoms with E-state index in [1.807, 2.05) is 0 Å². The summed E-state index contributed by atoms with van der Waals surface area (Å²) in [6.07, 6.45) is 1.37. The summed E-state index contributed by atoms with van der Waals surface area (Å²) in [7, 11) is 0. The second-order valence-corrected chi connectivity index (χ2v) is 5.42. The van der Waals surface area contributed by atoms with Gasteiger partial charge in [0.15, 0.2) is 0 Å². The van der Waals surface area contributed by atoms with Crippen molar-refractivity contribution in [2.45, 2.75) is 53.9 Å². The molecular weight excluding hydrogens is 232 g/mol. The molecule has 0 saturated carbocycles. The SMILES string of the molecule is CCOC(=O)CCC(CC(=O)OCC)C(C)(C)C. The number of carbonyl (C=O) groups excluding carboxylic acids is 2. The van der Waals surface area contributed by atoms with Crippen molar-refractivity contribution in [1.29, 1.82) is 0 Å². The third-order valence-corrected chi connectivity index (χ3v) is 2.95. The van der Waals surface area contributed by atoms with Crippen LogP contribution in [-0.4, -0.2) is 25.2 Å². The van der Waals surface area contributed by atoms with E-state index in [4.69, 9.17) is 9.47 Å². The van der Waals surface area contributed by atoms with E-state index in [-0.39, 0.29) is 23.3 Å². The van der Waals surface area contributed by atoms with E-state index >= 15 is 0 Å². The largest absolute Gasteiger partial charge is 0.466 e. The molecule has 0 N–H and O–H groups in total. The van der Waals surface area contributed by atoms with Crippen LogP contribution in [-0.2, 0) is 19.1 Å². The summed E-state index contributed by atoms with van der Waals surface area (Å²) in [6, 6.07) is 0. The quantitative estimate of drug-likeness (QED) is 0.659. The first kappa shape index (κ1) is 16.9. The first-order chi connectivity index (χ1) is 8.31. The molecule has 0 spiro atoms. The third-order valence-electron chi connectivity index (χ3n) is 2.95. The van der Waals surface area contributed by atoms with Gasteiger partial charge in [-0.2, -0.15) is 0 Å². The number of hydrogen-bond acceptors (Lipinski definition) is 4. The lowest BCUT2D eigenvalue weighted by atomic mass is 9.76. The smallest absolute Gasteiger partial charge is 0.306 e. The van der Waals surface area contributed by atoms with Crippen LogP contribution < -0.4 is 0 Å². The topological polar surface area (TPSA) is 52.6 Å². The van der Waals surface area contributed by atoms with E-state index in [0.717, 1.165) is 0 Å². The fourth-order valence-electron chi connectivity index (χ4n) is 1.79. The zero-order valence-electron chi connectivity index (χ0n) is 12.2. The van der Waals surface area contributed by atoms with Crippen molar-refractivity contribution in [1.82, 2.24) is 0 Å². The predicted molar refractivity (Wildman–Crippen MR) is 70.1 cm³/mol. The first-order valence-electron chi connectivity index (χ1n) is 6.62. The second-order valence-electron chi connectivity index (χ2n) is 5.42. The minimum atomic E-state index is -0.199. The third kappa shape index (κ3) is 7.30. The van der Waals surface area contributed by atoms with Crippen LogP contribution in [0.1, 0.15) is 53.9 Å². The number of esters is 2. The van der Waals surface area contributed by atoms with Crippen LogP contribution in [0, 0.1) is 11.3 Å². The summed E-state index contributed by atoms with van der Waals surface area (Å²) < 4.78 is 9.87. The van der Waals surface area contributed by atoms with Gasteiger partial charge in [0.1, 0.15) is 0 Å². The van der Waals surface area contributed by atoms with Gasteiger partial charge in [-0.05, 0) is 31.6 Å². The van der Waals surface area contributed by atoms with Gasteiger partial charge in [-0.1, -0.05) is 20.8 Å². The van der Waals surface area contributed by atoms with E-state index in [9.17, 15) is 9.59 Å². The highest BCUT2D eigenvalue weighted by Gasteiger charge is 2.28. The van der Waals surface area contributed by atoms with Crippen LogP contribution in [0.4, 0.5) is 0 Å². The first-order valence-corrected chi connectivity index (χ1v) is 6.62.